The highest BCUT2D eigenvalue weighted by Crippen LogP contribution is 2.39. The van der Waals surface area contributed by atoms with E-state index in [4.69, 9.17) is 0 Å². The Kier molecular flexibility index (Phi) is 4.38. The van der Waals surface area contributed by atoms with Crippen LogP contribution in [0.15, 0.2) is 42.5 Å². The van der Waals surface area contributed by atoms with E-state index in [2.05, 4.69) is 69.3 Å². The zero-order chi connectivity index (χ0) is 15.6. The summed E-state index contributed by atoms with van der Waals surface area (Å²) in [7, 11) is 0. The van der Waals surface area contributed by atoms with E-state index in [-0.39, 0.29) is 0 Å². The van der Waals surface area contributed by atoms with Crippen molar-refractivity contribution in [1.29, 1.82) is 0 Å². The first-order valence-corrected chi connectivity index (χ1v) is 8.75. The van der Waals surface area contributed by atoms with Crippen molar-refractivity contribution in [3.63, 3.8) is 0 Å². The molecular formula is C22H28. The van der Waals surface area contributed by atoms with E-state index in [9.17, 15) is 0 Å². The molecular weight excluding hydrogens is 264 g/mol. The molecule has 0 radical (unpaired) electrons. The monoisotopic (exact) mass is 292 g/mol. The van der Waals surface area contributed by atoms with E-state index in [1.165, 1.54) is 47.6 Å². The van der Waals surface area contributed by atoms with Crippen LogP contribution in [-0.2, 0) is 6.42 Å². The lowest BCUT2D eigenvalue weighted by atomic mass is 9.70. The van der Waals surface area contributed by atoms with E-state index >= 15 is 0 Å². The smallest absolute Gasteiger partial charge is 0.00763 e. The van der Waals surface area contributed by atoms with Crippen LogP contribution < -0.4 is 0 Å². The molecule has 2 aliphatic carbocycles. The maximum absolute atomic E-state index is 2.40. The summed E-state index contributed by atoms with van der Waals surface area (Å²) in [5, 5.41) is 2.80. The minimum atomic E-state index is 0.637. The molecule has 2 aliphatic rings. The first-order chi connectivity index (χ1) is 10.6. The van der Waals surface area contributed by atoms with Crippen molar-refractivity contribution in [3.8, 4) is 0 Å². The highest BCUT2D eigenvalue weighted by Gasteiger charge is 2.27. The zero-order valence-corrected chi connectivity index (χ0v) is 14.2. The summed E-state index contributed by atoms with van der Waals surface area (Å²) >= 11 is 0. The van der Waals surface area contributed by atoms with Crippen molar-refractivity contribution in [2.45, 2.75) is 52.9 Å². The minimum absolute atomic E-state index is 0.637. The Labute approximate surface area is 135 Å². The predicted octanol–water partition coefficient (Wildman–Crippen LogP) is 6.63. The van der Waals surface area contributed by atoms with Crippen molar-refractivity contribution in [2.24, 2.45) is 11.3 Å². The molecule has 0 N–H and O–H groups in total. The van der Waals surface area contributed by atoms with Crippen LogP contribution in [0.2, 0.25) is 0 Å². The molecule has 1 saturated carbocycles. The van der Waals surface area contributed by atoms with E-state index in [0.717, 1.165) is 12.3 Å². The van der Waals surface area contributed by atoms with E-state index in [1.807, 2.05) is 0 Å². The average molecular weight is 292 g/mol. The molecule has 0 bridgehead atoms. The Morgan fingerprint density at radius 2 is 1.77 bits per heavy atom. The number of hydrogen-bond acceptors (Lipinski definition) is 0. The summed E-state index contributed by atoms with van der Waals surface area (Å²) in [5.74, 6) is 0.950. The SMILES string of the molecule is C1=Cc2cccc3cccc(c23)C1.CC1CCCCC1(C)C. The van der Waals surface area contributed by atoms with Crippen LogP contribution in [0.4, 0.5) is 0 Å². The lowest BCUT2D eigenvalue weighted by Gasteiger charge is -2.36. The van der Waals surface area contributed by atoms with Gasteiger partial charge in [-0.3, -0.25) is 0 Å². The van der Waals surface area contributed by atoms with Gasteiger partial charge in [0.2, 0.25) is 0 Å². The van der Waals surface area contributed by atoms with Crippen molar-refractivity contribution in [3.05, 3.63) is 53.6 Å². The summed E-state index contributed by atoms with van der Waals surface area (Å²) in [6.45, 7) is 7.19. The maximum atomic E-state index is 2.40. The number of allylic oxidation sites excluding steroid dienone is 1. The minimum Gasteiger partial charge on any atom is -0.0795 e. The average Bonchev–Trinajstić information content (AvgIpc) is 2.52. The van der Waals surface area contributed by atoms with Crippen LogP contribution in [0, 0.1) is 11.3 Å². The molecule has 1 unspecified atom stereocenters. The molecule has 0 heterocycles. The largest absolute Gasteiger partial charge is 0.0795 e. The van der Waals surface area contributed by atoms with Crippen LogP contribution in [0.3, 0.4) is 0 Å². The van der Waals surface area contributed by atoms with Gasteiger partial charge in [-0.1, -0.05) is 88.6 Å². The van der Waals surface area contributed by atoms with Gasteiger partial charge in [0.25, 0.3) is 0 Å². The molecule has 0 saturated heterocycles. The van der Waals surface area contributed by atoms with Crippen molar-refractivity contribution in [1.82, 2.24) is 0 Å². The molecule has 2 aromatic carbocycles. The highest BCUT2D eigenvalue weighted by molar-refractivity contribution is 5.94. The first kappa shape index (κ1) is 15.3. The third-order valence-electron chi connectivity index (χ3n) is 5.70. The topological polar surface area (TPSA) is 0 Å². The summed E-state index contributed by atoms with van der Waals surface area (Å²) < 4.78 is 0. The van der Waals surface area contributed by atoms with E-state index < -0.39 is 0 Å². The van der Waals surface area contributed by atoms with Crippen LogP contribution >= 0.6 is 0 Å². The number of hydrogen-bond donors (Lipinski definition) is 0. The maximum Gasteiger partial charge on any atom is -0.00763 e. The Balaban J connectivity index is 0.000000142. The van der Waals surface area contributed by atoms with Gasteiger partial charge in [0.1, 0.15) is 0 Å². The first-order valence-electron chi connectivity index (χ1n) is 8.75. The molecule has 2 aromatic rings. The van der Waals surface area contributed by atoms with Gasteiger partial charge in [0, 0.05) is 0 Å². The van der Waals surface area contributed by atoms with Gasteiger partial charge < -0.3 is 0 Å². The van der Waals surface area contributed by atoms with E-state index in [1.54, 1.807) is 0 Å². The molecule has 0 aromatic heterocycles. The summed E-state index contributed by atoms with van der Waals surface area (Å²) in [6.07, 6.45) is 11.3. The third kappa shape index (κ3) is 3.11. The molecule has 0 spiro atoms. The lowest BCUT2D eigenvalue weighted by molar-refractivity contribution is 0.154. The van der Waals surface area contributed by atoms with Crippen molar-refractivity contribution in [2.75, 3.05) is 0 Å². The molecule has 0 amide bonds. The molecule has 1 atom stereocenters. The van der Waals surface area contributed by atoms with Gasteiger partial charge in [-0.2, -0.15) is 0 Å². The van der Waals surface area contributed by atoms with Crippen LogP contribution in [0.1, 0.15) is 57.6 Å². The van der Waals surface area contributed by atoms with Crippen LogP contribution in [0.5, 0.6) is 0 Å². The fourth-order valence-corrected chi connectivity index (χ4v) is 3.74. The van der Waals surface area contributed by atoms with Crippen LogP contribution in [0.25, 0.3) is 16.8 Å². The normalized spacial score (nSPS) is 22.0. The number of benzene rings is 2. The quantitative estimate of drug-likeness (QED) is 0.511. The van der Waals surface area contributed by atoms with Crippen molar-refractivity contribution >= 4 is 16.8 Å². The molecule has 0 aliphatic heterocycles. The zero-order valence-electron chi connectivity index (χ0n) is 14.2. The highest BCUT2D eigenvalue weighted by atomic mass is 14.3. The standard InChI is InChI=1S/C13H10.C9H18/c1-4-10-6-2-8-12-9-3-7-11(5-1)13(10)12;1-8-6-4-5-7-9(8,2)3/h1-8H,9H2;8H,4-7H2,1-3H3. The van der Waals surface area contributed by atoms with Gasteiger partial charge in [-0.15, -0.1) is 0 Å². The summed E-state index contributed by atoms with van der Waals surface area (Å²) in [4.78, 5) is 0. The van der Waals surface area contributed by atoms with Gasteiger partial charge in [-0.25, -0.2) is 0 Å². The Morgan fingerprint density at radius 3 is 2.45 bits per heavy atom. The van der Waals surface area contributed by atoms with Gasteiger partial charge >= 0.3 is 0 Å². The molecule has 1 fully saturated rings. The summed E-state index contributed by atoms with van der Waals surface area (Å²) in [6, 6.07) is 13.0. The number of rotatable bonds is 0. The van der Waals surface area contributed by atoms with Crippen LogP contribution in [-0.4, -0.2) is 0 Å². The third-order valence-corrected chi connectivity index (χ3v) is 5.70. The lowest BCUT2D eigenvalue weighted by Crippen LogP contribution is -2.24. The molecule has 4 rings (SSSR count). The molecule has 116 valence electrons. The van der Waals surface area contributed by atoms with Crippen molar-refractivity contribution < 1.29 is 0 Å². The molecule has 0 heteroatoms. The fraction of sp³-hybridized carbons (Fsp3) is 0.455. The Hall–Kier alpha value is -1.56. The second-order valence-electron chi connectivity index (χ2n) is 7.60. The molecule has 0 nitrogen and oxygen atoms in total. The van der Waals surface area contributed by atoms with E-state index in [0.29, 0.717) is 5.41 Å². The summed E-state index contributed by atoms with van der Waals surface area (Å²) in [5.41, 5.74) is 3.45. The second kappa shape index (κ2) is 6.28. The van der Waals surface area contributed by atoms with Gasteiger partial charge in [0.15, 0.2) is 0 Å². The predicted molar refractivity (Wildman–Crippen MR) is 98.1 cm³/mol. The Morgan fingerprint density at radius 1 is 1.00 bits per heavy atom. The second-order valence-corrected chi connectivity index (χ2v) is 7.60. The van der Waals surface area contributed by atoms with Gasteiger partial charge in [-0.05, 0) is 46.1 Å². The molecule has 22 heavy (non-hydrogen) atoms. The Bertz CT molecular complexity index is 670. The fourth-order valence-electron chi connectivity index (χ4n) is 3.74. The van der Waals surface area contributed by atoms with Gasteiger partial charge in [0.05, 0.1) is 0 Å².